The van der Waals surface area contributed by atoms with Crippen LogP contribution in [0.15, 0.2) is 89.4 Å². The minimum absolute atomic E-state index is 0.0937. The first-order valence-corrected chi connectivity index (χ1v) is 13.5. The number of hydroxylamine groups is 2. The van der Waals surface area contributed by atoms with Gasteiger partial charge in [-0.05, 0) is 42.8 Å². The lowest BCUT2D eigenvalue weighted by atomic mass is 10.2. The van der Waals surface area contributed by atoms with E-state index in [9.17, 15) is 25.0 Å². The highest BCUT2D eigenvalue weighted by molar-refractivity contribution is 6.42. The zero-order valence-electron chi connectivity index (χ0n) is 24.8. The van der Waals surface area contributed by atoms with E-state index in [-0.39, 0.29) is 41.9 Å². The van der Waals surface area contributed by atoms with E-state index in [0.717, 1.165) is 10.6 Å². The Bertz CT molecular complexity index is 1680. The van der Waals surface area contributed by atoms with Gasteiger partial charge in [-0.1, -0.05) is 36.4 Å². The number of amides is 1. The van der Waals surface area contributed by atoms with Gasteiger partial charge in [0.1, 0.15) is 12.4 Å². The van der Waals surface area contributed by atoms with Crippen molar-refractivity contribution < 1.29 is 38.3 Å². The van der Waals surface area contributed by atoms with Crippen molar-refractivity contribution in [1.82, 2.24) is 9.96 Å². The van der Waals surface area contributed by atoms with Gasteiger partial charge in [0.05, 0.1) is 30.3 Å². The van der Waals surface area contributed by atoms with Crippen LogP contribution in [0.2, 0.25) is 0 Å². The summed E-state index contributed by atoms with van der Waals surface area (Å²) >= 11 is 0. The number of carbonyl (C=O) groups excluding carboxylic acids is 2. The Morgan fingerprint density at radius 3 is 2.47 bits per heavy atom. The van der Waals surface area contributed by atoms with Crippen molar-refractivity contribution in [3.8, 4) is 23.3 Å². The summed E-state index contributed by atoms with van der Waals surface area (Å²) in [5, 5.41) is 22.8. The Balaban J connectivity index is 1.80. The topological polar surface area (TPSA) is 166 Å². The minimum Gasteiger partial charge on any atom is -0.485 e. The van der Waals surface area contributed by atoms with Crippen molar-refractivity contribution >= 4 is 17.6 Å². The van der Waals surface area contributed by atoms with Crippen LogP contribution in [-0.2, 0) is 21.0 Å². The van der Waals surface area contributed by atoms with Crippen molar-refractivity contribution in [3.05, 3.63) is 111 Å². The summed E-state index contributed by atoms with van der Waals surface area (Å²) < 4.78 is 23.0. The maximum atomic E-state index is 13.0. The van der Waals surface area contributed by atoms with Crippen molar-refractivity contribution in [2.45, 2.75) is 19.9 Å². The van der Waals surface area contributed by atoms with E-state index in [4.69, 9.17) is 23.8 Å². The van der Waals surface area contributed by atoms with E-state index in [1.54, 1.807) is 26.2 Å². The summed E-state index contributed by atoms with van der Waals surface area (Å²) in [5.74, 6) is -1.85. The highest BCUT2D eigenvalue weighted by atomic mass is 16.7. The van der Waals surface area contributed by atoms with Gasteiger partial charge in [0.25, 0.3) is 12.3 Å². The highest BCUT2D eigenvalue weighted by Crippen LogP contribution is 2.35. The number of hydrogen-bond acceptors (Lipinski definition) is 12. The largest absolute Gasteiger partial charge is 0.485 e. The van der Waals surface area contributed by atoms with E-state index < -0.39 is 34.5 Å². The summed E-state index contributed by atoms with van der Waals surface area (Å²) in [7, 11) is 4.37. The minimum atomic E-state index is -1.56. The molecule has 0 bridgehead atoms. The molecule has 14 nitrogen and oxygen atoms in total. The summed E-state index contributed by atoms with van der Waals surface area (Å²) in [5.41, 5.74) is -0.316. The second-order valence-electron chi connectivity index (χ2n) is 9.44. The van der Waals surface area contributed by atoms with Gasteiger partial charge in [0, 0.05) is 25.7 Å². The van der Waals surface area contributed by atoms with Gasteiger partial charge in [0.2, 0.25) is 5.71 Å². The van der Waals surface area contributed by atoms with Crippen LogP contribution in [0.4, 0.5) is 0 Å². The Morgan fingerprint density at radius 1 is 1.07 bits per heavy atom. The molecule has 1 aliphatic rings. The summed E-state index contributed by atoms with van der Waals surface area (Å²) in [6, 6.07) is 21.6. The average Bonchev–Trinajstić information content (AvgIpc) is 3.04. The molecule has 0 spiro atoms. The van der Waals surface area contributed by atoms with Gasteiger partial charge in [-0.3, -0.25) is 19.7 Å². The molecule has 0 aromatic heterocycles. The number of ether oxygens (including phenoxy) is 4. The van der Waals surface area contributed by atoms with Gasteiger partial charge in [0.15, 0.2) is 11.5 Å². The van der Waals surface area contributed by atoms with Crippen molar-refractivity contribution in [2.75, 3.05) is 27.8 Å². The van der Waals surface area contributed by atoms with Gasteiger partial charge < -0.3 is 23.8 Å². The number of carbonyl (C=O) groups is 2. The second-order valence-corrected chi connectivity index (χ2v) is 9.44. The van der Waals surface area contributed by atoms with Gasteiger partial charge in [-0.25, -0.2) is 9.79 Å². The van der Waals surface area contributed by atoms with Crippen LogP contribution in [0.25, 0.3) is 0 Å². The molecule has 3 aromatic rings. The highest BCUT2D eigenvalue weighted by Gasteiger charge is 2.45. The summed E-state index contributed by atoms with van der Waals surface area (Å²) in [4.78, 5) is 48.0. The van der Waals surface area contributed by atoms with E-state index in [1.165, 1.54) is 49.3 Å². The summed E-state index contributed by atoms with van der Waals surface area (Å²) in [6.45, 7) is 1.54. The second kappa shape index (κ2) is 14.5. The molecule has 1 atom stereocenters. The number of rotatable bonds is 12. The maximum absolute atomic E-state index is 13.0. The van der Waals surface area contributed by atoms with Crippen LogP contribution in [0.5, 0.6) is 17.2 Å². The molecule has 3 aromatic carbocycles. The van der Waals surface area contributed by atoms with Gasteiger partial charge >= 0.3 is 17.5 Å². The van der Waals surface area contributed by atoms with Gasteiger partial charge in [-0.15, -0.1) is 0 Å². The predicted octanol–water partition coefficient (Wildman–Crippen LogP) is 3.91. The molecule has 14 heteroatoms. The molecule has 1 heterocycles. The lowest BCUT2D eigenvalue weighted by molar-refractivity contribution is -0.422. The molecule has 232 valence electrons. The van der Waals surface area contributed by atoms with E-state index in [1.807, 2.05) is 36.4 Å². The molecular formula is C31H29N5O9. The standard InChI is InChI=1S/C31H29N5O9/c1-5-42-30(38)26-27(36(39)40)29(35(41-4)31(33-26)44-23-13-9-12-22(17-23)28(37)34(2)3)45-25-16-21(18-32)14-15-24(25)43-19-20-10-7-6-8-11-20/h6-17,31H,5,19H2,1-4H3. The maximum Gasteiger partial charge on any atom is 0.364 e. The quantitative estimate of drug-likeness (QED) is 0.165. The SMILES string of the molecule is CCOC(=O)C1=NC(Oc2cccc(C(=O)N(C)C)c2)N(OC)C(Oc2cc(C#N)ccc2OCc2ccccc2)=C1[N+](=O)[O-]. The monoisotopic (exact) mass is 615 g/mol. The predicted molar refractivity (Wildman–Crippen MR) is 158 cm³/mol. The lowest BCUT2D eigenvalue weighted by Gasteiger charge is -2.32. The normalized spacial score (nSPS) is 14.2. The first kappa shape index (κ1) is 32.0. The fourth-order valence-corrected chi connectivity index (χ4v) is 4.08. The van der Waals surface area contributed by atoms with E-state index in [0.29, 0.717) is 5.56 Å². The van der Waals surface area contributed by atoms with E-state index in [2.05, 4.69) is 4.99 Å². The number of nitriles is 1. The zero-order chi connectivity index (χ0) is 32.5. The number of nitro groups is 1. The Morgan fingerprint density at radius 2 is 1.82 bits per heavy atom. The first-order chi connectivity index (χ1) is 21.7. The third-order valence-corrected chi connectivity index (χ3v) is 6.16. The zero-order valence-corrected chi connectivity index (χ0v) is 24.8. The molecule has 1 amide bonds. The van der Waals surface area contributed by atoms with Crippen LogP contribution in [0.3, 0.4) is 0 Å². The molecule has 45 heavy (non-hydrogen) atoms. The van der Waals surface area contributed by atoms with Crippen LogP contribution < -0.4 is 14.2 Å². The molecule has 1 aliphatic heterocycles. The van der Waals surface area contributed by atoms with E-state index >= 15 is 0 Å². The van der Waals surface area contributed by atoms with Crippen LogP contribution in [0, 0.1) is 21.4 Å². The van der Waals surface area contributed by atoms with Crippen molar-refractivity contribution in [1.29, 1.82) is 5.26 Å². The molecule has 0 radical (unpaired) electrons. The third kappa shape index (κ3) is 7.53. The molecule has 1 unspecified atom stereocenters. The number of nitrogens with zero attached hydrogens (tertiary/aromatic N) is 5. The fraction of sp³-hybridized carbons (Fsp3) is 0.226. The van der Waals surface area contributed by atoms with Crippen molar-refractivity contribution in [2.24, 2.45) is 4.99 Å². The van der Waals surface area contributed by atoms with Crippen LogP contribution >= 0.6 is 0 Å². The number of aliphatic imine (C=N–C) groups is 1. The Kier molecular flexibility index (Phi) is 10.3. The Labute approximate surface area is 258 Å². The number of esters is 1. The molecule has 0 N–H and O–H groups in total. The van der Waals surface area contributed by atoms with Crippen LogP contribution in [0.1, 0.15) is 28.4 Å². The number of benzene rings is 3. The fourth-order valence-electron chi connectivity index (χ4n) is 4.08. The van der Waals surface area contributed by atoms with Gasteiger partial charge in [-0.2, -0.15) is 10.3 Å². The smallest absolute Gasteiger partial charge is 0.364 e. The molecule has 0 saturated heterocycles. The molecule has 4 rings (SSSR count). The lowest BCUT2D eigenvalue weighted by Crippen LogP contribution is -2.46. The molecule has 0 fully saturated rings. The first-order valence-electron chi connectivity index (χ1n) is 13.5. The summed E-state index contributed by atoms with van der Waals surface area (Å²) in [6.07, 6.45) is -1.56. The third-order valence-electron chi connectivity index (χ3n) is 6.16. The van der Waals surface area contributed by atoms with Crippen molar-refractivity contribution in [3.63, 3.8) is 0 Å². The van der Waals surface area contributed by atoms with Crippen LogP contribution in [-0.4, -0.2) is 66.6 Å². The molecule has 0 saturated carbocycles. The Hall–Kier alpha value is -5.94. The molecular weight excluding hydrogens is 586 g/mol. The number of hydrogen-bond donors (Lipinski definition) is 0. The average molecular weight is 616 g/mol. The molecule has 0 aliphatic carbocycles.